The fourth-order valence-corrected chi connectivity index (χ4v) is 5.70. The number of nitrogens with zero attached hydrogens (tertiary/aromatic N) is 2. The van der Waals surface area contributed by atoms with Crippen molar-refractivity contribution >= 4 is 29.7 Å². The van der Waals surface area contributed by atoms with Crippen LogP contribution >= 0.6 is 0 Å². The van der Waals surface area contributed by atoms with Crippen LogP contribution in [0.1, 0.15) is 64.8 Å². The van der Waals surface area contributed by atoms with Gasteiger partial charge in [0.25, 0.3) is 11.8 Å². The standard InChI is InChI=1S/C23H26N4O6/c28-17-5-4-16(19(29)25-17)27-20(30)15-3-1-2-13(18(15)21(27)31)12-24-14-10-23(11-14)6-8-26(9-7-23)22(32)33/h1-3,14,16,24H,4-12H2,(H,32,33)(H,25,28,29). The van der Waals surface area contributed by atoms with Crippen molar-refractivity contribution < 1.29 is 29.1 Å². The quantitative estimate of drug-likeness (QED) is 0.580. The molecule has 3 fully saturated rings. The number of carbonyl (C=O) groups is 5. The second-order valence-electron chi connectivity index (χ2n) is 9.54. The van der Waals surface area contributed by atoms with Gasteiger partial charge in [-0.15, -0.1) is 0 Å². The molecule has 0 radical (unpaired) electrons. The van der Waals surface area contributed by atoms with Crippen molar-refractivity contribution in [3.05, 3.63) is 34.9 Å². The summed E-state index contributed by atoms with van der Waals surface area (Å²) in [5.41, 5.74) is 1.51. The van der Waals surface area contributed by atoms with Crippen LogP contribution in [0.3, 0.4) is 0 Å². The van der Waals surface area contributed by atoms with Gasteiger partial charge in [-0.3, -0.25) is 29.4 Å². The zero-order valence-corrected chi connectivity index (χ0v) is 18.1. The summed E-state index contributed by atoms with van der Waals surface area (Å²) in [6.45, 7) is 1.56. The smallest absolute Gasteiger partial charge is 0.407 e. The van der Waals surface area contributed by atoms with E-state index in [-0.39, 0.29) is 29.9 Å². The number of carbonyl (C=O) groups excluding carboxylic acids is 4. The largest absolute Gasteiger partial charge is 0.465 e. The molecule has 1 aliphatic carbocycles. The van der Waals surface area contributed by atoms with E-state index in [0.717, 1.165) is 30.6 Å². The summed E-state index contributed by atoms with van der Waals surface area (Å²) in [6, 6.07) is 4.44. The molecule has 1 aromatic rings. The Balaban J connectivity index is 1.23. The van der Waals surface area contributed by atoms with Crippen LogP contribution in [0.15, 0.2) is 18.2 Å². The van der Waals surface area contributed by atoms with E-state index in [4.69, 9.17) is 5.11 Å². The highest BCUT2D eigenvalue weighted by molar-refractivity contribution is 6.24. The van der Waals surface area contributed by atoms with Gasteiger partial charge in [0.2, 0.25) is 11.8 Å². The molecule has 1 atom stereocenters. The number of hydrogen-bond acceptors (Lipinski definition) is 6. The number of imide groups is 2. The first-order chi connectivity index (χ1) is 15.8. The molecule has 4 aliphatic rings. The fourth-order valence-electron chi connectivity index (χ4n) is 5.70. The SMILES string of the molecule is O=C1CCC(N2C(=O)c3cccc(CNC4CC5(CCN(C(=O)O)CC5)C4)c3C2=O)C(=O)N1. The average molecular weight is 454 g/mol. The zero-order chi connectivity index (χ0) is 23.3. The zero-order valence-electron chi connectivity index (χ0n) is 18.1. The van der Waals surface area contributed by atoms with Gasteiger partial charge >= 0.3 is 6.09 Å². The van der Waals surface area contributed by atoms with Crippen molar-refractivity contribution in [3.63, 3.8) is 0 Å². The maximum Gasteiger partial charge on any atom is 0.407 e. The molecule has 10 nitrogen and oxygen atoms in total. The van der Waals surface area contributed by atoms with E-state index < -0.39 is 35.8 Å². The number of nitrogens with one attached hydrogen (secondary N) is 2. The molecule has 3 aliphatic heterocycles. The van der Waals surface area contributed by atoms with Gasteiger partial charge in [-0.1, -0.05) is 12.1 Å². The number of benzene rings is 1. The number of hydrogen-bond donors (Lipinski definition) is 3. The maximum atomic E-state index is 13.2. The molecule has 5 amide bonds. The lowest BCUT2D eigenvalue weighted by molar-refractivity contribution is -0.136. The lowest BCUT2D eigenvalue weighted by atomic mass is 9.60. The summed E-state index contributed by atoms with van der Waals surface area (Å²) >= 11 is 0. The summed E-state index contributed by atoms with van der Waals surface area (Å²) in [5, 5.41) is 14.8. The fraction of sp³-hybridized carbons (Fsp3) is 0.522. The highest BCUT2D eigenvalue weighted by Gasteiger charge is 2.47. The van der Waals surface area contributed by atoms with Gasteiger partial charge in [-0.2, -0.15) is 0 Å². The van der Waals surface area contributed by atoms with Gasteiger partial charge < -0.3 is 15.3 Å². The Kier molecular flexibility index (Phi) is 5.19. The lowest BCUT2D eigenvalue weighted by Gasteiger charge is -2.52. The Bertz CT molecular complexity index is 1050. The van der Waals surface area contributed by atoms with Crippen molar-refractivity contribution in [1.29, 1.82) is 0 Å². The predicted octanol–water partition coefficient (Wildman–Crippen LogP) is 1.10. The van der Waals surface area contributed by atoms with Crippen molar-refractivity contribution in [3.8, 4) is 0 Å². The van der Waals surface area contributed by atoms with Crippen LogP contribution in [0.4, 0.5) is 4.79 Å². The van der Waals surface area contributed by atoms with E-state index >= 15 is 0 Å². The minimum atomic E-state index is -0.973. The van der Waals surface area contributed by atoms with Crippen molar-refractivity contribution in [2.75, 3.05) is 13.1 Å². The summed E-state index contributed by atoms with van der Waals surface area (Å²) in [7, 11) is 0. The van der Waals surface area contributed by atoms with Gasteiger partial charge in [0, 0.05) is 32.1 Å². The number of rotatable bonds is 4. The molecule has 33 heavy (non-hydrogen) atoms. The third-order valence-electron chi connectivity index (χ3n) is 7.59. The van der Waals surface area contributed by atoms with Crippen molar-refractivity contribution in [2.45, 2.75) is 57.2 Å². The molecule has 0 aromatic heterocycles. The van der Waals surface area contributed by atoms with E-state index in [1.165, 1.54) is 4.90 Å². The van der Waals surface area contributed by atoms with E-state index in [2.05, 4.69) is 10.6 Å². The summed E-state index contributed by atoms with van der Waals surface area (Å²) in [6.07, 6.45) is 3.02. The minimum absolute atomic E-state index is 0.0892. The molecule has 1 aromatic carbocycles. The number of piperidine rings is 2. The second-order valence-corrected chi connectivity index (χ2v) is 9.54. The number of likely N-dealkylation sites (tertiary alicyclic amines) is 1. The van der Waals surface area contributed by atoms with E-state index in [9.17, 15) is 24.0 Å². The molecule has 5 rings (SSSR count). The monoisotopic (exact) mass is 454 g/mol. The molecule has 1 unspecified atom stereocenters. The Labute approximate surface area is 190 Å². The highest BCUT2D eigenvalue weighted by Crippen LogP contribution is 2.49. The summed E-state index contributed by atoms with van der Waals surface area (Å²) in [5.74, 6) is -2.01. The van der Waals surface area contributed by atoms with Gasteiger partial charge in [0.05, 0.1) is 11.1 Å². The maximum absolute atomic E-state index is 13.2. The minimum Gasteiger partial charge on any atom is -0.465 e. The molecular formula is C23H26N4O6. The van der Waals surface area contributed by atoms with Gasteiger partial charge in [-0.05, 0) is 49.1 Å². The Morgan fingerprint density at radius 3 is 2.52 bits per heavy atom. The Morgan fingerprint density at radius 2 is 1.85 bits per heavy atom. The molecule has 3 heterocycles. The highest BCUT2D eigenvalue weighted by atomic mass is 16.4. The molecule has 10 heteroatoms. The van der Waals surface area contributed by atoms with Crippen LogP contribution in [0.2, 0.25) is 0 Å². The first-order valence-corrected chi connectivity index (χ1v) is 11.3. The van der Waals surface area contributed by atoms with Crippen LogP contribution in [-0.2, 0) is 16.1 Å². The van der Waals surface area contributed by atoms with Crippen LogP contribution in [0.5, 0.6) is 0 Å². The van der Waals surface area contributed by atoms with Crippen LogP contribution in [0, 0.1) is 5.41 Å². The van der Waals surface area contributed by atoms with Crippen LogP contribution in [0.25, 0.3) is 0 Å². The van der Waals surface area contributed by atoms with Gasteiger partial charge in [0.15, 0.2) is 0 Å². The molecule has 1 saturated carbocycles. The van der Waals surface area contributed by atoms with Gasteiger partial charge in [-0.25, -0.2) is 4.79 Å². The Hall–Kier alpha value is -3.27. The number of amides is 5. The third kappa shape index (κ3) is 3.68. The summed E-state index contributed by atoms with van der Waals surface area (Å²) < 4.78 is 0. The number of fused-ring (bicyclic) bond motifs is 1. The molecule has 1 spiro atoms. The molecular weight excluding hydrogens is 428 g/mol. The second kappa shape index (κ2) is 7.95. The average Bonchev–Trinajstić information content (AvgIpc) is 3.02. The van der Waals surface area contributed by atoms with Crippen LogP contribution in [-0.4, -0.2) is 69.8 Å². The first-order valence-electron chi connectivity index (χ1n) is 11.3. The lowest BCUT2D eigenvalue weighted by Crippen LogP contribution is -2.54. The van der Waals surface area contributed by atoms with Crippen molar-refractivity contribution in [1.82, 2.24) is 20.4 Å². The molecule has 174 valence electrons. The third-order valence-corrected chi connectivity index (χ3v) is 7.59. The van der Waals surface area contributed by atoms with E-state index in [1.54, 1.807) is 12.1 Å². The molecule has 3 N–H and O–H groups in total. The van der Waals surface area contributed by atoms with Crippen molar-refractivity contribution in [2.24, 2.45) is 5.41 Å². The molecule has 2 saturated heterocycles. The summed E-state index contributed by atoms with van der Waals surface area (Å²) in [4.78, 5) is 63.4. The topological polar surface area (TPSA) is 136 Å². The normalized spacial score (nSPS) is 24.7. The molecule has 0 bridgehead atoms. The van der Waals surface area contributed by atoms with Gasteiger partial charge in [0.1, 0.15) is 6.04 Å². The first kappa shape index (κ1) is 21.6. The van der Waals surface area contributed by atoms with E-state index in [1.807, 2.05) is 6.07 Å². The Morgan fingerprint density at radius 1 is 1.12 bits per heavy atom. The van der Waals surface area contributed by atoms with E-state index in [0.29, 0.717) is 30.8 Å². The number of carboxylic acid groups (broad SMARTS) is 1. The predicted molar refractivity (Wildman–Crippen MR) is 114 cm³/mol. The van der Waals surface area contributed by atoms with Crippen LogP contribution < -0.4 is 10.6 Å².